The van der Waals surface area contributed by atoms with Crippen molar-refractivity contribution in [1.29, 1.82) is 0 Å². The summed E-state index contributed by atoms with van der Waals surface area (Å²) in [5.74, 6) is 1.96. The number of ether oxygens (including phenoxy) is 1. The molecule has 0 radical (unpaired) electrons. The van der Waals surface area contributed by atoms with Crippen LogP contribution in [0.2, 0.25) is 0 Å². The molecule has 3 heterocycles. The van der Waals surface area contributed by atoms with Crippen LogP contribution in [0.15, 0.2) is 47.0 Å². The van der Waals surface area contributed by atoms with E-state index in [0.717, 1.165) is 62.2 Å². The number of nitrogens with one attached hydrogen (secondary N) is 2. The van der Waals surface area contributed by atoms with E-state index < -0.39 is 0 Å². The third-order valence-electron chi connectivity index (χ3n) is 5.29. The molecule has 3 aromatic rings. The fraction of sp³-hybridized carbons (Fsp3) is 0.409. The number of aromatic amines is 1. The van der Waals surface area contributed by atoms with Crippen molar-refractivity contribution >= 4 is 0 Å². The van der Waals surface area contributed by atoms with Crippen molar-refractivity contribution in [2.45, 2.75) is 26.4 Å². The molecule has 0 aliphatic carbocycles. The van der Waals surface area contributed by atoms with E-state index in [4.69, 9.17) is 9.15 Å². The Morgan fingerprint density at radius 1 is 1.11 bits per heavy atom. The van der Waals surface area contributed by atoms with Gasteiger partial charge in [-0.1, -0.05) is 29.8 Å². The fourth-order valence-corrected chi connectivity index (χ4v) is 3.69. The van der Waals surface area contributed by atoms with E-state index in [9.17, 15) is 0 Å². The Bertz CT molecular complexity index is 878. The lowest BCUT2D eigenvalue weighted by Crippen LogP contribution is -2.42. The lowest BCUT2D eigenvalue weighted by Gasteiger charge is -2.33. The zero-order valence-electron chi connectivity index (χ0n) is 16.6. The van der Waals surface area contributed by atoms with Gasteiger partial charge in [0.25, 0.3) is 0 Å². The van der Waals surface area contributed by atoms with Gasteiger partial charge < -0.3 is 14.5 Å². The van der Waals surface area contributed by atoms with E-state index in [1.807, 2.05) is 19.2 Å². The van der Waals surface area contributed by atoms with E-state index in [2.05, 4.69) is 57.7 Å². The molecule has 1 aromatic carbocycles. The second-order valence-corrected chi connectivity index (χ2v) is 7.38. The SMILES string of the molecule is Cc1ccc(-c2[nH]ncc2CNCC(c2ccc(C)o2)N2CCOCC2)cc1. The molecule has 28 heavy (non-hydrogen) atoms. The third kappa shape index (κ3) is 4.35. The summed E-state index contributed by atoms with van der Waals surface area (Å²) < 4.78 is 11.5. The van der Waals surface area contributed by atoms with Gasteiger partial charge in [-0.3, -0.25) is 10.00 Å². The van der Waals surface area contributed by atoms with Gasteiger partial charge in [-0.25, -0.2) is 0 Å². The molecule has 1 aliphatic heterocycles. The molecule has 1 aliphatic rings. The number of aromatic nitrogens is 2. The van der Waals surface area contributed by atoms with Crippen LogP contribution in [0, 0.1) is 13.8 Å². The predicted octanol–water partition coefficient (Wildman–Crippen LogP) is 3.45. The summed E-state index contributed by atoms with van der Waals surface area (Å²) in [6.45, 7) is 9.05. The first-order valence-electron chi connectivity index (χ1n) is 9.89. The van der Waals surface area contributed by atoms with Gasteiger partial charge in [0, 0.05) is 31.7 Å². The molecule has 2 N–H and O–H groups in total. The predicted molar refractivity (Wildman–Crippen MR) is 109 cm³/mol. The lowest BCUT2D eigenvalue weighted by atomic mass is 10.1. The molecule has 1 saturated heterocycles. The first-order valence-corrected chi connectivity index (χ1v) is 9.89. The maximum absolute atomic E-state index is 5.95. The summed E-state index contributed by atoms with van der Waals surface area (Å²) in [5, 5.41) is 11.0. The van der Waals surface area contributed by atoms with Crippen LogP contribution in [0.25, 0.3) is 11.3 Å². The van der Waals surface area contributed by atoms with Crippen LogP contribution in [0.3, 0.4) is 0 Å². The number of nitrogens with zero attached hydrogens (tertiary/aromatic N) is 2. The minimum Gasteiger partial charge on any atom is -0.465 e. The Hall–Kier alpha value is -2.41. The number of rotatable bonds is 7. The van der Waals surface area contributed by atoms with Crippen LogP contribution < -0.4 is 5.32 Å². The van der Waals surface area contributed by atoms with Gasteiger partial charge in [0.2, 0.25) is 0 Å². The van der Waals surface area contributed by atoms with Gasteiger partial charge in [-0.15, -0.1) is 0 Å². The number of hydrogen-bond donors (Lipinski definition) is 2. The van der Waals surface area contributed by atoms with Crippen LogP contribution in [-0.4, -0.2) is 47.9 Å². The van der Waals surface area contributed by atoms with Gasteiger partial charge in [-0.2, -0.15) is 5.10 Å². The molecule has 0 bridgehead atoms. The zero-order valence-corrected chi connectivity index (χ0v) is 16.6. The number of hydrogen-bond acceptors (Lipinski definition) is 5. The van der Waals surface area contributed by atoms with E-state index in [0.29, 0.717) is 0 Å². The molecule has 6 heteroatoms. The Morgan fingerprint density at radius 2 is 1.89 bits per heavy atom. The molecular weight excluding hydrogens is 352 g/mol. The van der Waals surface area contributed by atoms with Crippen molar-refractivity contribution in [1.82, 2.24) is 20.4 Å². The average molecular weight is 380 g/mol. The van der Waals surface area contributed by atoms with E-state index in [1.54, 1.807) is 0 Å². The molecule has 6 nitrogen and oxygen atoms in total. The Kier molecular flexibility index (Phi) is 5.90. The number of benzene rings is 1. The van der Waals surface area contributed by atoms with Crippen molar-refractivity contribution in [3.05, 3.63) is 65.2 Å². The maximum atomic E-state index is 5.95. The van der Waals surface area contributed by atoms with E-state index in [1.165, 1.54) is 11.1 Å². The molecule has 1 fully saturated rings. The van der Waals surface area contributed by atoms with Gasteiger partial charge in [0.1, 0.15) is 11.5 Å². The molecule has 148 valence electrons. The molecule has 1 atom stereocenters. The van der Waals surface area contributed by atoms with Crippen LogP contribution >= 0.6 is 0 Å². The van der Waals surface area contributed by atoms with Crippen molar-refractivity contribution in [2.75, 3.05) is 32.8 Å². The topological polar surface area (TPSA) is 66.3 Å². The first kappa shape index (κ1) is 18.9. The Morgan fingerprint density at radius 3 is 2.61 bits per heavy atom. The highest BCUT2D eigenvalue weighted by Crippen LogP contribution is 2.25. The third-order valence-corrected chi connectivity index (χ3v) is 5.29. The van der Waals surface area contributed by atoms with Gasteiger partial charge in [0.15, 0.2) is 0 Å². The fourth-order valence-electron chi connectivity index (χ4n) is 3.69. The quantitative estimate of drug-likeness (QED) is 0.657. The largest absolute Gasteiger partial charge is 0.465 e. The summed E-state index contributed by atoms with van der Waals surface area (Å²) in [6.07, 6.45) is 1.91. The number of morpholine rings is 1. The molecule has 2 aromatic heterocycles. The second-order valence-electron chi connectivity index (χ2n) is 7.38. The number of H-pyrrole nitrogens is 1. The highest BCUT2D eigenvalue weighted by molar-refractivity contribution is 5.62. The van der Waals surface area contributed by atoms with Crippen molar-refractivity contribution in [3.8, 4) is 11.3 Å². The summed E-state index contributed by atoms with van der Waals surface area (Å²) in [6, 6.07) is 12.8. The Balaban J connectivity index is 1.44. The molecule has 4 rings (SSSR count). The average Bonchev–Trinajstić information content (AvgIpc) is 3.36. The summed E-state index contributed by atoms with van der Waals surface area (Å²) in [4.78, 5) is 2.44. The molecule has 0 amide bonds. The van der Waals surface area contributed by atoms with Crippen molar-refractivity contribution < 1.29 is 9.15 Å². The normalized spacial score (nSPS) is 16.4. The van der Waals surface area contributed by atoms with Gasteiger partial charge in [0.05, 0.1) is 31.1 Å². The molecule has 0 saturated carbocycles. The number of furan rings is 1. The standard InChI is InChI=1S/C22H28N4O2/c1-16-3-6-18(7-4-16)22-19(14-24-25-22)13-23-15-20(21-8-5-17(2)28-21)26-9-11-27-12-10-26/h3-8,14,20,23H,9-13,15H2,1-2H3,(H,24,25). The highest BCUT2D eigenvalue weighted by Gasteiger charge is 2.25. The van der Waals surface area contributed by atoms with Gasteiger partial charge >= 0.3 is 0 Å². The smallest absolute Gasteiger partial charge is 0.122 e. The van der Waals surface area contributed by atoms with Crippen molar-refractivity contribution in [2.24, 2.45) is 0 Å². The first-order chi connectivity index (χ1) is 13.7. The number of aryl methyl sites for hydroxylation is 2. The minimum atomic E-state index is 0.201. The molecule has 0 spiro atoms. The maximum Gasteiger partial charge on any atom is 0.122 e. The van der Waals surface area contributed by atoms with Crippen LogP contribution in [0.1, 0.15) is 28.7 Å². The van der Waals surface area contributed by atoms with Crippen LogP contribution in [0.4, 0.5) is 0 Å². The molecular formula is C22H28N4O2. The summed E-state index contributed by atoms with van der Waals surface area (Å²) in [7, 11) is 0. The van der Waals surface area contributed by atoms with E-state index >= 15 is 0 Å². The highest BCUT2D eigenvalue weighted by atomic mass is 16.5. The van der Waals surface area contributed by atoms with Crippen LogP contribution in [0.5, 0.6) is 0 Å². The minimum absolute atomic E-state index is 0.201. The lowest BCUT2D eigenvalue weighted by molar-refractivity contribution is 0.0115. The van der Waals surface area contributed by atoms with E-state index in [-0.39, 0.29) is 6.04 Å². The van der Waals surface area contributed by atoms with Gasteiger partial charge in [-0.05, 0) is 31.5 Å². The summed E-state index contributed by atoms with van der Waals surface area (Å²) in [5.41, 5.74) is 4.65. The Labute approximate surface area is 165 Å². The zero-order chi connectivity index (χ0) is 19.3. The monoisotopic (exact) mass is 380 g/mol. The second kappa shape index (κ2) is 8.73. The molecule has 1 unspecified atom stereocenters. The van der Waals surface area contributed by atoms with Crippen LogP contribution in [-0.2, 0) is 11.3 Å². The summed E-state index contributed by atoms with van der Waals surface area (Å²) >= 11 is 0. The van der Waals surface area contributed by atoms with Crippen molar-refractivity contribution in [3.63, 3.8) is 0 Å².